The van der Waals surface area contributed by atoms with Gasteiger partial charge in [-0.3, -0.25) is 9.69 Å². The largest absolute Gasteiger partial charge is 0.497 e. The summed E-state index contributed by atoms with van der Waals surface area (Å²) in [7, 11) is 1.63. The lowest BCUT2D eigenvalue weighted by Gasteiger charge is -2.17. The molecule has 1 aliphatic heterocycles. The van der Waals surface area contributed by atoms with Gasteiger partial charge < -0.3 is 4.74 Å². The smallest absolute Gasteiger partial charge is 0.266 e. The average molecular weight is 401 g/mol. The maximum Gasteiger partial charge on any atom is 0.266 e. The Morgan fingerprint density at radius 2 is 1.81 bits per heavy atom. The topological polar surface area (TPSA) is 41.9 Å². The lowest BCUT2D eigenvalue weighted by atomic mass is 10.2. The van der Waals surface area contributed by atoms with Gasteiger partial charge in [-0.25, -0.2) is 4.99 Å². The van der Waals surface area contributed by atoms with Crippen molar-refractivity contribution < 1.29 is 9.53 Å². The van der Waals surface area contributed by atoms with Gasteiger partial charge in [0.2, 0.25) is 0 Å². The van der Waals surface area contributed by atoms with Crippen molar-refractivity contribution in [3.05, 3.63) is 64.0 Å². The molecule has 1 heterocycles. The summed E-state index contributed by atoms with van der Waals surface area (Å²) in [4.78, 5) is 20.0. The number of halogens is 1. The Morgan fingerprint density at radius 3 is 2.41 bits per heavy atom. The molecule has 2 aromatic rings. The molecular formula is C21H21ClN2O2S. The molecule has 0 spiro atoms. The summed E-state index contributed by atoms with van der Waals surface area (Å²) in [5.74, 6) is 1.10. The van der Waals surface area contributed by atoms with Gasteiger partial charge in [-0.1, -0.05) is 37.6 Å². The molecule has 0 atom stereocenters. The van der Waals surface area contributed by atoms with Gasteiger partial charge in [-0.2, -0.15) is 0 Å². The molecule has 1 amide bonds. The third-order valence-corrected chi connectivity index (χ3v) is 5.16. The fourth-order valence-electron chi connectivity index (χ4n) is 2.60. The number of benzene rings is 2. The summed E-state index contributed by atoms with van der Waals surface area (Å²) in [6, 6.07) is 14.9. The number of rotatable bonds is 5. The van der Waals surface area contributed by atoms with Crippen molar-refractivity contribution in [3.63, 3.8) is 0 Å². The predicted octanol–water partition coefficient (Wildman–Crippen LogP) is 5.61. The van der Waals surface area contributed by atoms with Crippen molar-refractivity contribution in [2.75, 3.05) is 13.7 Å². The van der Waals surface area contributed by atoms with Gasteiger partial charge in [-0.05, 0) is 65.7 Å². The number of ether oxygens (including phenoxy) is 1. The molecule has 140 valence electrons. The zero-order valence-electron chi connectivity index (χ0n) is 15.5. The predicted molar refractivity (Wildman–Crippen MR) is 114 cm³/mol. The van der Waals surface area contributed by atoms with Crippen molar-refractivity contribution >= 4 is 46.2 Å². The Hall–Kier alpha value is -2.24. The molecule has 4 nitrogen and oxygen atoms in total. The first-order valence-electron chi connectivity index (χ1n) is 8.66. The van der Waals surface area contributed by atoms with E-state index in [9.17, 15) is 4.79 Å². The van der Waals surface area contributed by atoms with Crippen LogP contribution in [-0.4, -0.2) is 29.6 Å². The van der Waals surface area contributed by atoms with Crippen LogP contribution in [0.25, 0.3) is 6.08 Å². The first-order chi connectivity index (χ1) is 13.0. The summed E-state index contributed by atoms with van der Waals surface area (Å²) < 4.78 is 5.19. The van der Waals surface area contributed by atoms with E-state index >= 15 is 0 Å². The number of amides is 1. The van der Waals surface area contributed by atoms with Crippen LogP contribution in [0, 0.1) is 5.92 Å². The first kappa shape index (κ1) is 19.5. The molecule has 0 aliphatic carbocycles. The molecule has 0 saturated carbocycles. The van der Waals surface area contributed by atoms with E-state index in [-0.39, 0.29) is 5.91 Å². The van der Waals surface area contributed by atoms with Crippen molar-refractivity contribution in [2.45, 2.75) is 13.8 Å². The van der Waals surface area contributed by atoms with Crippen LogP contribution >= 0.6 is 23.4 Å². The molecule has 0 aromatic heterocycles. The summed E-state index contributed by atoms with van der Waals surface area (Å²) in [6.07, 6.45) is 1.88. The molecule has 27 heavy (non-hydrogen) atoms. The quantitative estimate of drug-likeness (QED) is 0.612. The fraction of sp³-hybridized carbons (Fsp3) is 0.238. The average Bonchev–Trinajstić information content (AvgIpc) is 2.92. The Balaban J connectivity index is 1.92. The van der Waals surface area contributed by atoms with E-state index in [1.807, 2.05) is 54.6 Å². The molecule has 1 saturated heterocycles. The van der Waals surface area contributed by atoms with Crippen LogP contribution in [0.2, 0.25) is 5.02 Å². The van der Waals surface area contributed by atoms with Gasteiger partial charge >= 0.3 is 0 Å². The highest BCUT2D eigenvalue weighted by molar-refractivity contribution is 8.18. The Labute approximate surface area is 168 Å². The molecule has 0 unspecified atom stereocenters. The van der Waals surface area contributed by atoms with E-state index in [1.165, 1.54) is 11.8 Å². The second kappa shape index (κ2) is 8.63. The van der Waals surface area contributed by atoms with Crippen molar-refractivity contribution in [1.29, 1.82) is 0 Å². The summed E-state index contributed by atoms with van der Waals surface area (Å²) >= 11 is 7.34. The number of hydrogen-bond donors (Lipinski definition) is 0. The fourth-order valence-corrected chi connectivity index (χ4v) is 3.73. The zero-order valence-corrected chi connectivity index (χ0v) is 17.1. The summed E-state index contributed by atoms with van der Waals surface area (Å²) in [5, 5.41) is 1.37. The van der Waals surface area contributed by atoms with Crippen LogP contribution in [0.1, 0.15) is 19.4 Å². The second-order valence-corrected chi connectivity index (χ2v) is 8.01. The van der Waals surface area contributed by atoms with Crippen LogP contribution < -0.4 is 4.74 Å². The number of nitrogens with zero attached hydrogens (tertiary/aromatic N) is 2. The summed E-state index contributed by atoms with van der Waals surface area (Å²) in [5.41, 5.74) is 1.72. The van der Waals surface area contributed by atoms with Crippen LogP contribution in [0.3, 0.4) is 0 Å². The molecule has 6 heteroatoms. The standard InChI is InChI=1S/C21H21ClN2O2S/c1-14(2)13-24-20(25)19(12-15-4-6-16(22)7-5-15)27-21(24)23-17-8-10-18(26-3)11-9-17/h4-12,14H,13H2,1-3H3/b19-12+,23-21?. The van der Waals surface area contributed by atoms with E-state index < -0.39 is 0 Å². The number of methoxy groups -OCH3 is 1. The van der Waals surface area contributed by atoms with Crippen LogP contribution in [0.5, 0.6) is 5.75 Å². The van der Waals surface area contributed by atoms with Crippen molar-refractivity contribution in [2.24, 2.45) is 10.9 Å². The molecule has 0 bridgehead atoms. The normalized spacial score (nSPS) is 17.4. The third kappa shape index (κ3) is 4.93. The highest BCUT2D eigenvalue weighted by Gasteiger charge is 2.33. The third-order valence-electron chi connectivity index (χ3n) is 3.90. The van der Waals surface area contributed by atoms with Gasteiger partial charge in [-0.15, -0.1) is 0 Å². The number of carbonyl (C=O) groups is 1. The molecule has 3 rings (SSSR count). The molecule has 0 radical (unpaired) electrons. The Bertz CT molecular complexity index is 874. The SMILES string of the molecule is COc1ccc(N=C2S/C(=C/c3ccc(Cl)cc3)C(=O)N2CC(C)C)cc1. The van der Waals surface area contributed by atoms with E-state index in [0.29, 0.717) is 27.6 Å². The lowest BCUT2D eigenvalue weighted by Crippen LogP contribution is -2.32. The van der Waals surface area contributed by atoms with Crippen molar-refractivity contribution in [3.8, 4) is 5.75 Å². The minimum absolute atomic E-state index is 0.0177. The zero-order chi connectivity index (χ0) is 19.4. The molecule has 2 aromatic carbocycles. The lowest BCUT2D eigenvalue weighted by molar-refractivity contribution is -0.122. The van der Waals surface area contributed by atoms with Crippen LogP contribution in [0.4, 0.5) is 5.69 Å². The van der Waals surface area contributed by atoms with Crippen LogP contribution in [0.15, 0.2) is 58.4 Å². The number of aliphatic imine (C=N–C) groups is 1. The number of carbonyl (C=O) groups excluding carboxylic acids is 1. The monoisotopic (exact) mass is 400 g/mol. The first-order valence-corrected chi connectivity index (χ1v) is 9.85. The molecule has 0 N–H and O–H groups in total. The Morgan fingerprint density at radius 1 is 1.15 bits per heavy atom. The number of hydrogen-bond acceptors (Lipinski definition) is 4. The van der Waals surface area contributed by atoms with E-state index in [1.54, 1.807) is 12.0 Å². The number of amidine groups is 1. The van der Waals surface area contributed by atoms with Gasteiger partial charge in [0, 0.05) is 11.6 Å². The molecular weight excluding hydrogens is 380 g/mol. The maximum absolute atomic E-state index is 12.9. The highest BCUT2D eigenvalue weighted by atomic mass is 35.5. The number of thioether (sulfide) groups is 1. The van der Waals surface area contributed by atoms with E-state index in [2.05, 4.69) is 13.8 Å². The molecule has 1 fully saturated rings. The van der Waals surface area contributed by atoms with Gasteiger partial charge in [0.1, 0.15) is 5.75 Å². The minimum atomic E-state index is -0.0177. The van der Waals surface area contributed by atoms with E-state index in [0.717, 1.165) is 17.0 Å². The van der Waals surface area contributed by atoms with Gasteiger partial charge in [0.15, 0.2) is 5.17 Å². The van der Waals surface area contributed by atoms with Crippen LogP contribution in [-0.2, 0) is 4.79 Å². The summed E-state index contributed by atoms with van der Waals surface area (Å²) in [6.45, 7) is 4.80. The van der Waals surface area contributed by atoms with Gasteiger partial charge in [0.05, 0.1) is 17.7 Å². The maximum atomic E-state index is 12.9. The molecule has 1 aliphatic rings. The second-order valence-electron chi connectivity index (χ2n) is 6.56. The highest BCUT2D eigenvalue weighted by Crippen LogP contribution is 2.35. The van der Waals surface area contributed by atoms with Gasteiger partial charge in [0.25, 0.3) is 5.91 Å². The van der Waals surface area contributed by atoms with Crippen molar-refractivity contribution in [1.82, 2.24) is 4.90 Å². The Kier molecular flexibility index (Phi) is 6.24. The minimum Gasteiger partial charge on any atom is -0.497 e. The van der Waals surface area contributed by atoms with E-state index in [4.69, 9.17) is 21.3 Å².